The van der Waals surface area contributed by atoms with Crippen molar-refractivity contribution in [3.8, 4) is 11.5 Å². The summed E-state index contributed by atoms with van der Waals surface area (Å²) in [4.78, 5) is 14.7. The lowest BCUT2D eigenvalue weighted by molar-refractivity contribution is 0.171. The Morgan fingerprint density at radius 1 is 1.19 bits per heavy atom. The molecule has 1 saturated heterocycles. The standard InChI is InChI=1S/C20H22N2O3S/c1-2-14-4-3-5-16(12-14)21-20(23)22-8-11-26-19(22)15-6-7-17-18(13-15)25-10-9-24-17/h3-7,12-13,19H,2,8-11H2,1H3,(H,21,23)/t19-/m1/s1. The smallest absolute Gasteiger partial charge is 0.323 e. The van der Waals surface area contributed by atoms with Crippen LogP contribution in [-0.4, -0.2) is 36.4 Å². The zero-order valence-electron chi connectivity index (χ0n) is 14.7. The molecule has 2 aromatic rings. The molecule has 0 spiro atoms. The number of hydrogen-bond donors (Lipinski definition) is 1. The highest BCUT2D eigenvalue weighted by molar-refractivity contribution is 7.99. The third kappa shape index (κ3) is 3.46. The minimum atomic E-state index is -0.0665. The lowest BCUT2D eigenvalue weighted by atomic mass is 10.1. The number of anilines is 1. The number of benzene rings is 2. The zero-order valence-corrected chi connectivity index (χ0v) is 15.6. The molecule has 136 valence electrons. The number of rotatable bonds is 3. The number of amides is 2. The van der Waals surface area contributed by atoms with Crippen molar-refractivity contribution in [2.24, 2.45) is 0 Å². The average molecular weight is 370 g/mol. The Morgan fingerprint density at radius 3 is 2.88 bits per heavy atom. The molecule has 2 heterocycles. The Bertz CT molecular complexity index is 811. The van der Waals surface area contributed by atoms with Gasteiger partial charge in [0.05, 0.1) is 0 Å². The molecule has 2 aromatic carbocycles. The Hall–Kier alpha value is -2.34. The van der Waals surface area contributed by atoms with E-state index in [-0.39, 0.29) is 11.4 Å². The second kappa shape index (κ2) is 7.50. The van der Waals surface area contributed by atoms with E-state index in [1.807, 2.05) is 41.3 Å². The Labute approximate surface area is 157 Å². The number of aryl methyl sites for hydroxylation is 1. The van der Waals surface area contributed by atoms with Gasteiger partial charge in [0.1, 0.15) is 18.6 Å². The van der Waals surface area contributed by atoms with E-state index in [4.69, 9.17) is 9.47 Å². The minimum absolute atomic E-state index is 0.0137. The van der Waals surface area contributed by atoms with Gasteiger partial charge in [-0.2, -0.15) is 0 Å². The van der Waals surface area contributed by atoms with Crippen LogP contribution in [0.15, 0.2) is 42.5 Å². The Balaban J connectivity index is 1.51. The lowest BCUT2D eigenvalue weighted by Gasteiger charge is -2.26. The maximum Gasteiger partial charge on any atom is 0.323 e. The number of fused-ring (bicyclic) bond motifs is 1. The van der Waals surface area contributed by atoms with Crippen LogP contribution in [0.1, 0.15) is 23.4 Å². The van der Waals surface area contributed by atoms with Gasteiger partial charge in [0, 0.05) is 18.0 Å². The Morgan fingerprint density at radius 2 is 2.04 bits per heavy atom. The highest BCUT2D eigenvalue weighted by Gasteiger charge is 2.31. The van der Waals surface area contributed by atoms with Crippen LogP contribution in [0.4, 0.5) is 10.5 Å². The van der Waals surface area contributed by atoms with E-state index in [1.165, 1.54) is 5.56 Å². The van der Waals surface area contributed by atoms with Gasteiger partial charge in [0.15, 0.2) is 11.5 Å². The van der Waals surface area contributed by atoms with Gasteiger partial charge in [-0.3, -0.25) is 0 Å². The quantitative estimate of drug-likeness (QED) is 0.875. The number of nitrogens with zero attached hydrogens (tertiary/aromatic N) is 1. The molecule has 0 aliphatic carbocycles. The molecule has 0 aromatic heterocycles. The fourth-order valence-electron chi connectivity index (χ4n) is 3.23. The molecule has 6 heteroatoms. The molecule has 0 radical (unpaired) electrons. The van der Waals surface area contributed by atoms with Gasteiger partial charge in [0.2, 0.25) is 0 Å². The Kier molecular flexibility index (Phi) is 4.93. The van der Waals surface area contributed by atoms with Crippen molar-refractivity contribution in [1.29, 1.82) is 0 Å². The van der Waals surface area contributed by atoms with Gasteiger partial charge in [-0.15, -0.1) is 11.8 Å². The summed E-state index contributed by atoms with van der Waals surface area (Å²) in [5, 5.41) is 3.02. The van der Waals surface area contributed by atoms with Gasteiger partial charge in [-0.1, -0.05) is 25.1 Å². The number of carbonyl (C=O) groups excluding carboxylic acids is 1. The van der Waals surface area contributed by atoms with Gasteiger partial charge in [0.25, 0.3) is 0 Å². The van der Waals surface area contributed by atoms with Gasteiger partial charge >= 0.3 is 6.03 Å². The molecule has 2 aliphatic rings. The van der Waals surface area contributed by atoms with Crippen molar-refractivity contribution >= 4 is 23.5 Å². The van der Waals surface area contributed by atoms with E-state index in [1.54, 1.807) is 11.8 Å². The number of hydrogen-bond acceptors (Lipinski definition) is 4. The highest BCUT2D eigenvalue weighted by atomic mass is 32.2. The molecule has 26 heavy (non-hydrogen) atoms. The summed E-state index contributed by atoms with van der Waals surface area (Å²) in [6, 6.07) is 13.9. The van der Waals surface area contributed by atoms with Crippen LogP contribution < -0.4 is 14.8 Å². The minimum Gasteiger partial charge on any atom is -0.486 e. The number of carbonyl (C=O) groups is 1. The van der Waals surface area contributed by atoms with E-state index in [2.05, 4.69) is 18.3 Å². The summed E-state index contributed by atoms with van der Waals surface area (Å²) < 4.78 is 11.3. The van der Waals surface area contributed by atoms with E-state index in [0.717, 1.165) is 41.5 Å². The molecule has 5 nitrogen and oxygen atoms in total. The third-order valence-electron chi connectivity index (χ3n) is 4.59. The summed E-state index contributed by atoms with van der Waals surface area (Å²) in [7, 11) is 0. The van der Waals surface area contributed by atoms with Crippen molar-refractivity contribution in [3.63, 3.8) is 0 Å². The SMILES string of the molecule is CCc1cccc(NC(=O)N2CCS[C@@H]2c2ccc3c(c2)OCCO3)c1. The zero-order chi connectivity index (χ0) is 17.9. The van der Waals surface area contributed by atoms with E-state index in [9.17, 15) is 4.79 Å². The van der Waals surface area contributed by atoms with Crippen molar-refractivity contribution < 1.29 is 14.3 Å². The van der Waals surface area contributed by atoms with E-state index < -0.39 is 0 Å². The molecule has 2 amide bonds. The molecule has 1 N–H and O–H groups in total. The van der Waals surface area contributed by atoms with Crippen LogP contribution in [0.25, 0.3) is 0 Å². The molecular weight excluding hydrogens is 348 g/mol. The summed E-state index contributed by atoms with van der Waals surface area (Å²) >= 11 is 1.77. The first-order valence-electron chi connectivity index (χ1n) is 8.92. The fraction of sp³-hybridized carbons (Fsp3) is 0.350. The molecule has 0 bridgehead atoms. The van der Waals surface area contributed by atoms with Crippen LogP contribution in [-0.2, 0) is 6.42 Å². The van der Waals surface area contributed by atoms with Crippen LogP contribution >= 0.6 is 11.8 Å². The average Bonchev–Trinajstić information content (AvgIpc) is 3.18. The number of thioether (sulfide) groups is 1. The highest BCUT2D eigenvalue weighted by Crippen LogP contribution is 2.41. The van der Waals surface area contributed by atoms with E-state index in [0.29, 0.717) is 13.2 Å². The predicted molar refractivity (Wildman–Crippen MR) is 104 cm³/mol. The first-order chi connectivity index (χ1) is 12.7. The molecule has 2 aliphatic heterocycles. The number of urea groups is 1. The summed E-state index contributed by atoms with van der Waals surface area (Å²) in [6.45, 7) is 3.97. The third-order valence-corrected chi connectivity index (χ3v) is 5.85. The second-order valence-corrected chi connectivity index (χ2v) is 7.49. The van der Waals surface area contributed by atoms with Crippen LogP contribution in [0.3, 0.4) is 0 Å². The van der Waals surface area contributed by atoms with Gasteiger partial charge in [-0.25, -0.2) is 4.79 Å². The van der Waals surface area contributed by atoms with Crippen LogP contribution in [0.5, 0.6) is 11.5 Å². The first kappa shape index (κ1) is 17.1. The van der Waals surface area contributed by atoms with Gasteiger partial charge < -0.3 is 19.7 Å². The number of ether oxygens (including phenoxy) is 2. The van der Waals surface area contributed by atoms with E-state index >= 15 is 0 Å². The van der Waals surface area contributed by atoms with Crippen molar-refractivity contribution in [3.05, 3.63) is 53.6 Å². The monoisotopic (exact) mass is 370 g/mol. The summed E-state index contributed by atoms with van der Waals surface area (Å²) in [5.41, 5.74) is 3.11. The molecule has 1 fully saturated rings. The molecular formula is C20H22N2O3S. The fourth-order valence-corrected chi connectivity index (χ4v) is 4.48. The predicted octanol–water partition coefficient (Wildman–Crippen LogP) is 4.30. The molecule has 0 saturated carbocycles. The van der Waals surface area contributed by atoms with Crippen molar-refractivity contribution in [1.82, 2.24) is 4.90 Å². The first-order valence-corrected chi connectivity index (χ1v) is 9.97. The lowest BCUT2D eigenvalue weighted by Crippen LogP contribution is -2.34. The van der Waals surface area contributed by atoms with Crippen LogP contribution in [0, 0.1) is 0 Å². The summed E-state index contributed by atoms with van der Waals surface area (Å²) in [6.07, 6.45) is 0.948. The van der Waals surface area contributed by atoms with Crippen molar-refractivity contribution in [2.45, 2.75) is 18.7 Å². The molecule has 4 rings (SSSR count). The maximum absolute atomic E-state index is 12.8. The largest absolute Gasteiger partial charge is 0.486 e. The van der Waals surface area contributed by atoms with Gasteiger partial charge in [-0.05, 0) is 41.8 Å². The van der Waals surface area contributed by atoms with Crippen molar-refractivity contribution in [2.75, 3.05) is 30.8 Å². The topological polar surface area (TPSA) is 50.8 Å². The molecule has 1 atom stereocenters. The summed E-state index contributed by atoms with van der Waals surface area (Å²) in [5.74, 6) is 2.45. The number of nitrogens with one attached hydrogen (secondary N) is 1. The normalized spacial score (nSPS) is 18.7. The molecule has 0 unspecified atom stereocenters. The maximum atomic E-state index is 12.8. The van der Waals surface area contributed by atoms with Crippen LogP contribution in [0.2, 0.25) is 0 Å². The second-order valence-electron chi connectivity index (χ2n) is 6.30.